The number of amides is 3. The lowest BCUT2D eigenvalue weighted by atomic mass is 9.97. The van der Waals surface area contributed by atoms with Crippen molar-refractivity contribution in [3.8, 4) is 11.5 Å². The second-order valence-corrected chi connectivity index (χ2v) is 11.8. The van der Waals surface area contributed by atoms with Crippen LogP contribution in [0.5, 0.6) is 11.5 Å². The van der Waals surface area contributed by atoms with Gasteiger partial charge >= 0.3 is 6.09 Å². The Hall–Kier alpha value is -4.53. The van der Waals surface area contributed by atoms with Gasteiger partial charge in [-0.1, -0.05) is 48.5 Å². The first kappa shape index (κ1) is 30.4. The van der Waals surface area contributed by atoms with Crippen molar-refractivity contribution >= 4 is 23.6 Å². The van der Waals surface area contributed by atoms with Crippen LogP contribution in [-0.4, -0.2) is 50.7 Å². The van der Waals surface area contributed by atoms with Crippen molar-refractivity contribution in [1.29, 1.82) is 0 Å². The van der Waals surface area contributed by atoms with E-state index in [1.807, 2.05) is 25.1 Å². The van der Waals surface area contributed by atoms with E-state index in [0.717, 1.165) is 5.56 Å². The number of benzene rings is 3. The molecule has 4 rings (SSSR count). The number of phenols is 2. The van der Waals surface area contributed by atoms with Crippen molar-refractivity contribution in [1.82, 2.24) is 10.2 Å². The fraction of sp³-hybridized carbons (Fsp3) is 0.364. The molecule has 9 heteroatoms. The number of aromatic hydroxyl groups is 2. The predicted molar refractivity (Wildman–Crippen MR) is 160 cm³/mol. The summed E-state index contributed by atoms with van der Waals surface area (Å²) >= 11 is 0. The Morgan fingerprint density at radius 1 is 0.929 bits per heavy atom. The Kier molecular flexibility index (Phi) is 9.09. The molecule has 222 valence electrons. The second-order valence-electron chi connectivity index (χ2n) is 11.8. The number of carbonyl (C=O) groups excluding carboxylic acids is 3. The highest BCUT2D eigenvalue weighted by atomic mass is 16.6. The summed E-state index contributed by atoms with van der Waals surface area (Å²) < 4.78 is 5.47. The van der Waals surface area contributed by atoms with Crippen LogP contribution in [0.1, 0.15) is 61.9 Å². The number of rotatable bonds is 9. The highest BCUT2D eigenvalue weighted by Crippen LogP contribution is 2.40. The van der Waals surface area contributed by atoms with Crippen molar-refractivity contribution in [2.45, 2.75) is 77.6 Å². The second kappa shape index (κ2) is 12.5. The molecule has 0 aliphatic heterocycles. The SMILES string of the molecule is Cc1ccccc1NC(=O)C(c1cccc(C)c1O)N(C(=O)C(Cc1ccc(O)cc1)NC(=O)OC(C)(C)C)C1CC1. The van der Waals surface area contributed by atoms with Crippen LogP contribution in [0.3, 0.4) is 0 Å². The number of aryl methyl sites for hydroxylation is 2. The predicted octanol–water partition coefficient (Wildman–Crippen LogP) is 5.52. The summed E-state index contributed by atoms with van der Waals surface area (Å²) in [6, 6.07) is 16.3. The first-order valence-electron chi connectivity index (χ1n) is 14.1. The molecule has 42 heavy (non-hydrogen) atoms. The highest BCUT2D eigenvalue weighted by Gasteiger charge is 2.45. The molecule has 1 aliphatic carbocycles. The molecule has 9 nitrogen and oxygen atoms in total. The molecule has 2 unspecified atom stereocenters. The number of hydrogen-bond acceptors (Lipinski definition) is 6. The van der Waals surface area contributed by atoms with E-state index in [-0.39, 0.29) is 24.0 Å². The van der Waals surface area contributed by atoms with Gasteiger partial charge in [0, 0.05) is 23.7 Å². The average Bonchev–Trinajstić information content (AvgIpc) is 3.75. The van der Waals surface area contributed by atoms with Crippen LogP contribution in [0.2, 0.25) is 0 Å². The number of nitrogens with zero attached hydrogens (tertiary/aromatic N) is 1. The lowest BCUT2D eigenvalue weighted by Crippen LogP contribution is -2.54. The van der Waals surface area contributed by atoms with E-state index in [1.54, 1.807) is 64.1 Å². The summed E-state index contributed by atoms with van der Waals surface area (Å²) in [6.07, 6.45) is 0.665. The Morgan fingerprint density at radius 3 is 2.19 bits per heavy atom. The number of ether oxygens (including phenoxy) is 1. The topological polar surface area (TPSA) is 128 Å². The molecule has 3 amide bonds. The molecular formula is C33H39N3O6. The Labute approximate surface area is 246 Å². The lowest BCUT2D eigenvalue weighted by Gasteiger charge is -2.35. The third-order valence-corrected chi connectivity index (χ3v) is 7.05. The molecule has 1 fully saturated rings. The van der Waals surface area contributed by atoms with Crippen LogP contribution >= 0.6 is 0 Å². The fourth-order valence-electron chi connectivity index (χ4n) is 4.80. The minimum atomic E-state index is -1.17. The lowest BCUT2D eigenvalue weighted by molar-refractivity contribution is -0.141. The Bertz CT molecular complexity index is 1440. The maximum atomic E-state index is 14.5. The van der Waals surface area contributed by atoms with Gasteiger partial charge in [0.2, 0.25) is 5.91 Å². The quantitative estimate of drug-likeness (QED) is 0.267. The molecule has 0 radical (unpaired) electrons. The summed E-state index contributed by atoms with van der Waals surface area (Å²) in [5, 5.41) is 26.5. The van der Waals surface area contributed by atoms with E-state index in [2.05, 4.69) is 10.6 Å². The third-order valence-electron chi connectivity index (χ3n) is 7.05. The first-order valence-corrected chi connectivity index (χ1v) is 14.1. The van der Waals surface area contributed by atoms with Gasteiger partial charge in [-0.25, -0.2) is 4.79 Å². The minimum absolute atomic E-state index is 0.0731. The molecule has 2 atom stereocenters. The summed E-state index contributed by atoms with van der Waals surface area (Å²) in [7, 11) is 0. The van der Waals surface area contributed by atoms with Gasteiger partial charge in [0.25, 0.3) is 5.91 Å². The summed E-state index contributed by atoms with van der Waals surface area (Å²) in [5.41, 5.74) is 2.20. The molecule has 1 aliphatic rings. The van der Waals surface area contributed by atoms with Gasteiger partial charge in [-0.15, -0.1) is 0 Å². The van der Waals surface area contributed by atoms with Crippen molar-refractivity contribution in [3.05, 3.63) is 89.0 Å². The maximum Gasteiger partial charge on any atom is 0.408 e. The van der Waals surface area contributed by atoms with Crippen molar-refractivity contribution < 1.29 is 29.3 Å². The zero-order valence-electron chi connectivity index (χ0n) is 24.7. The zero-order valence-corrected chi connectivity index (χ0v) is 24.7. The molecule has 1 saturated carbocycles. The van der Waals surface area contributed by atoms with Crippen LogP contribution in [0, 0.1) is 13.8 Å². The number of nitrogens with one attached hydrogen (secondary N) is 2. The van der Waals surface area contributed by atoms with Crippen LogP contribution in [-0.2, 0) is 20.7 Å². The molecule has 0 aromatic heterocycles. The van der Waals surface area contributed by atoms with Crippen LogP contribution in [0.15, 0.2) is 66.7 Å². The largest absolute Gasteiger partial charge is 0.508 e. The molecule has 3 aromatic carbocycles. The number of phenolic OH excluding ortho intramolecular Hbond substituents is 2. The standard InChI is InChI=1S/C33H39N3O6/c1-20-9-6-7-12-26(20)34-30(39)28(25-11-8-10-21(2)29(25)38)36(23-15-16-23)31(40)27(35-32(41)42-33(3,4)5)19-22-13-17-24(37)18-14-22/h6-14,17-18,23,27-28,37-38H,15-16,19H2,1-5H3,(H,34,39)(H,35,41). The molecule has 3 aromatic rings. The number of para-hydroxylation sites is 2. The zero-order chi connectivity index (χ0) is 30.6. The van der Waals surface area contributed by atoms with Gasteiger partial charge in [-0.05, 0) is 82.3 Å². The maximum absolute atomic E-state index is 14.5. The van der Waals surface area contributed by atoms with Gasteiger partial charge in [0.15, 0.2) is 0 Å². The first-order chi connectivity index (χ1) is 19.8. The molecule has 0 spiro atoms. The summed E-state index contributed by atoms with van der Waals surface area (Å²) in [6.45, 7) is 8.79. The number of anilines is 1. The molecule has 0 heterocycles. The van der Waals surface area contributed by atoms with Gasteiger partial charge < -0.3 is 30.5 Å². The molecule has 0 bridgehead atoms. The van der Waals surface area contributed by atoms with E-state index < -0.39 is 35.6 Å². The Morgan fingerprint density at radius 2 is 1.57 bits per heavy atom. The molecule has 0 saturated heterocycles. The smallest absolute Gasteiger partial charge is 0.408 e. The normalized spacial score (nSPS) is 14.4. The highest BCUT2D eigenvalue weighted by molar-refractivity contribution is 6.00. The summed E-state index contributed by atoms with van der Waals surface area (Å²) in [5.74, 6) is -0.964. The van der Waals surface area contributed by atoms with Crippen LogP contribution in [0.4, 0.5) is 10.5 Å². The monoisotopic (exact) mass is 573 g/mol. The van der Waals surface area contributed by atoms with Gasteiger partial charge in [-0.3, -0.25) is 9.59 Å². The van der Waals surface area contributed by atoms with Gasteiger partial charge in [-0.2, -0.15) is 0 Å². The van der Waals surface area contributed by atoms with E-state index in [1.165, 1.54) is 17.0 Å². The van der Waals surface area contributed by atoms with Gasteiger partial charge in [0.1, 0.15) is 29.2 Å². The van der Waals surface area contributed by atoms with E-state index in [4.69, 9.17) is 4.74 Å². The number of hydrogen-bond donors (Lipinski definition) is 4. The minimum Gasteiger partial charge on any atom is -0.508 e. The Balaban J connectivity index is 1.76. The van der Waals surface area contributed by atoms with E-state index in [0.29, 0.717) is 35.2 Å². The van der Waals surface area contributed by atoms with E-state index in [9.17, 15) is 24.6 Å². The summed E-state index contributed by atoms with van der Waals surface area (Å²) in [4.78, 5) is 43.0. The number of carbonyl (C=O) groups is 3. The fourth-order valence-corrected chi connectivity index (χ4v) is 4.80. The van der Waals surface area contributed by atoms with Crippen molar-refractivity contribution in [3.63, 3.8) is 0 Å². The molecule has 4 N–H and O–H groups in total. The van der Waals surface area contributed by atoms with Gasteiger partial charge in [0.05, 0.1) is 0 Å². The van der Waals surface area contributed by atoms with Crippen LogP contribution < -0.4 is 10.6 Å². The number of alkyl carbamates (subject to hydrolysis) is 1. The molecular weight excluding hydrogens is 534 g/mol. The van der Waals surface area contributed by atoms with Crippen LogP contribution in [0.25, 0.3) is 0 Å². The van der Waals surface area contributed by atoms with Crippen molar-refractivity contribution in [2.75, 3.05) is 5.32 Å². The van der Waals surface area contributed by atoms with E-state index >= 15 is 0 Å². The average molecular weight is 574 g/mol. The van der Waals surface area contributed by atoms with Crippen molar-refractivity contribution in [2.24, 2.45) is 0 Å². The third kappa shape index (κ3) is 7.60.